The Morgan fingerprint density at radius 3 is 2.22 bits per heavy atom. The Morgan fingerprint density at radius 2 is 1.52 bits per heavy atom. The molecule has 2 fully saturated rings. The molecule has 120 valence electrons. The van der Waals surface area contributed by atoms with E-state index in [1.165, 1.54) is 17.5 Å². The smallest absolute Gasteiger partial charge is 0.0727 e. The van der Waals surface area contributed by atoms with Crippen LogP contribution in [0.15, 0.2) is 60.7 Å². The van der Waals surface area contributed by atoms with E-state index in [9.17, 15) is 5.11 Å². The number of aliphatic hydroxyl groups excluding tert-OH is 1. The number of benzene rings is 2. The van der Waals surface area contributed by atoms with Crippen molar-refractivity contribution < 1.29 is 5.11 Å². The molecule has 0 aromatic heterocycles. The summed E-state index contributed by atoms with van der Waals surface area (Å²) in [6.45, 7) is 0.977. The molecule has 0 radical (unpaired) electrons. The summed E-state index contributed by atoms with van der Waals surface area (Å²) in [6.07, 6.45) is 4.31. The highest BCUT2D eigenvalue weighted by Gasteiger charge is 2.46. The summed E-state index contributed by atoms with van der Waals surface area (Å²) in [5.41, 5.74) is 2.71. The van der Waals surface area contributed by atoms with Gasteiger partial charge in [0.15, 0.2) is 0 Å². The van der Waals surface area contributed by atoms with Gasteiger partial charge >= 0.3 is 0 Å². The molecule has 2 aliphatic heterocycles. The van der Waals surface area contributed by atoms with Crippen LogP contribution in [0, 0.1) is 5.92 Å². The number of aliphatic hydroxyl groups is 1. The van der Waals surface area contributed by atoms with Crippen LogP contribution in [-0.4, -0.2) is 28.2 Å². The topological polar surface area (TPSA) is 23.5 Å². The molecule has 2 nitrogen and oxygen atoms in total. The molecular formula is C21H25NO. The first-order chi connectivity index (χ1) is 11.3. The fourth-order valence-electron chi connectivity index (χ4n) is 4.55. The Kier molecular flexibility index (Phi) is 4.19. The average molecular weight is 307 g/mol. The Labute approximate surface area is 138 Å². The van der Waals surface area contributed by atoms with Crippen molar-refractivity contribution in [2.24, 2.45) is 5.92 Å². The molecule has 2 aliphatic rings. The fourth-order valence-corrected chi connectivity index (χ4v) is 4.55. The fraction of sp³-hybridized carbons (Fsp3) is 0.429. The maximum Gasteiger partial charge on any atom is 0.0727 e. The van der Waals surface area contributed by atoms with Crippen LogP contribution in [0.3, 0.4) is 0 Å². The van der Waals surface area contributed by atoms with E-state index < -0.39 is 0 Å². The molecule has 2 heterocycles. The summed E-state index contributed by atoms with van der Waals surface area (Å²) >= 11 is 0. The van der Waals surface area contributed by atoms with Crippen molar-refractivity contribution in [3.05, 3.63) is 71.8 Å². The summed E-state index contributed by atoms with van der Waals surface area (Å²) in [6, 6.07) is 22.3. The molecule has 4 rings (SSSR count). The quantitative estimate of drug-likeness (QED) is 0.932. The summed E-state index contributed by atoms with van der Waals surface area (Å²) in [4.78, 5) is 2.56. The van der Waals surface area contributed by atoms with Gasteiger partial charge in [0.05, 0.1) is 6.10 Å². The van der Waals surface area contributed by atoms with Crippen molar-refractivity contribution in [3.8, 4) is 0 Å². The maximum absolute atomic E-state index is 10.9. The Balaban J connectivity index is 1.47. The number of hydrogen-bond donors (Lipinski definition) is 1. The summed E-state index contributed by atoms with van der Waals surface area (Å²) in [5.74, 6) is 0.405. The number of hydrogen-bond acceptors (Lipinski definition) is 2. The number of piperidine rings is 1. The van der Waals surface area contributed by atoms with Gasteiger partial charge in [-0.15, -0.1) is 0 Å². The second-order valence-electron chi connectivity index (χ2n) is 7.13. The largest absolute Gasteiger partial charge is 0.391 e. The van der Waals surface area contributed by atoms with Crippen molar-refractivity contribution >= 4 is 0 Å². The third-order valence-corrected chi connectivity index (χ3v) is 5.69. The van der Waals surface area contributed by atoms with Gasteiger partial charge in [0.2, 0.25) is 0 Å². The lowest BCUT2D eigenvalue weighted by atomic mass is 9.83. The van der Waals surface area contributed by atoms with E-state index in [-0.39, 0.29) is 6.10 Å². The highest BCUT2D eigenvalue weighted by atomic mass is 16.3. The third-order valence-electron chi connectivity index (χ3n) is 5.69. The van der Waals surface area contributed by atoms with Crippen LogP contribution in [0.1, 0.15) is 30.4 Å². The molecule has 2 heteroatoms. The molecule has 2 aromatic rings. The van der Waals surface area contributed by atoms with E-state index in [1.807, 2.05) is 0 Å². The molecule has 0 spiro atoms. The highest BCUT2D eigenvalue weighted by Crippen LogP contribution is 2.40. The van der Waals surface area contributed by atoms with Crippen LogP contribution in [0.25, 0.3) is 0 Å². The zero-order valence-corrected chi connectivity index (χ0v) is 13.5. The predicted octanol–water partition coefficient (Wildman–Crippen LogP) is 3.64. The Hall–Kier alpha value is -1.64. The number of fused-ring (bicyclic) bond motifs is 2. The maximum atomic E-state index is 10.9. The first kappa shape index (κ1) is 14.9. The molecule has 2 bridgehead atoms. The zero-order valence-electron chi connectivity index (χ0n) is 13.5. The molecule has 0 unspecified atom stereocenters. The van der Waals surface area contributed by atoms with Gasteiger partial charge in [-0.2, -0.15) is 0 Å². The van der Waals surface area contributed by atoms with Gasteiger partial charge in [-0.1, -0.05) is 60.7 Å². The van der Waals surface area contributed by atoms with Crippen molar-refractivity contribution in [3.63, 3.8) is 0 Å². The molecule has 0 saturated carbocycles. The van der Waals surface area contributed by atoms with Crippen LogP contribution in [0.2, 0.25) is 0 Å². The summed E-state index contributed by atoms with van der Waals surface area (Å²) < 4.78 is 0. The second kappa shape index (κ2) is 6.46. The van der Waals surface area contributed by atoms with E-state index in [0.717, 1.165) is 25.8 Å². The molecular weight excluding hydrogens is 282 g/mol. The molecule has 2 aromatic carbocycles. The Morgan fingerprint density at radius 1 is 0.870 bits per heavy atom. The third kappa shape index (κ3) is 3.06. The van der Waals surface area contributed by atoms with Crippen molar-refractivity contribution in [1.29, 1.82) is 0 Å². The van der Waals surface area contributed by atoms with Gasteiger partial charge in [0.25, 0.3) is 0 Å². The molecule has 4 atom stereocenters. The number of rotatable bonds is 4. The van der Waals surface area contributed by atoms with Gasteiger partial charge in [-0.25, -0.2) is 0 Å². The molecule has 0 amide bonds. The van der Waals surface area contributed by atoms with Crippen LogP contribution >= 0.6 is 0 Å². The second-order valence-corrected chi connectivity index (χ2v) is 7.13. The standard InChI is InChI=1S/C21H25NO/c23-21-18(13-16-7-3-1-4-8-16)14-19-11-12-20(21)22(19)15-17-9-5-2-6-10-17/h1-10,18-21,23H,11-15H2/t18-,19-,20+,21+/m0/s1. The zero-order chi connectivity index (χ0) is 15.6. The lowest BCUT2D eigenvalue weighted by molar-refractivity contribution is -0.0320. The van der Waals surface area contributed by atoms with E-state index in [4.69, 9.17) is 0 Å². The SMILES string of the molecule is O[C@@H]1[C@@H](Cc2ccccc2)C[C@@H]2CC[C@H]1N2Cc1ccccc1. The minimum absolute atomic E-state index is 0.197. The molecule has 2 saturated heterocycles. The minimum atomic E-state index is -0.197. The lowest BCUT2D eigenvalue weighted by Crippen LogP contribution is -2.51. The summed E-state index contributed by atoms with van der Waals surface area (Å²) in [5, 5.41) is 10.9. The highest BCUT2D eigenvalue weighted by molar-refractivity contribution is 5.18. The van der Waals surface area contributed by atoms with Crippen LogP contribution in [0.5, 0.6) is 0 Å². The van der Waals surface area contributed by atoms with E-state index in [2.05, 4.69) is 65.6 Å². The van der Waals surface area contributed by atoms with Gasteiger partial charge in [0.1, 0.15) is 0 Å². The van der Waals surface area contributed by atoms with Crippen molar-refractivity contribution in [2.45, 2.75) is 50.4 Å². The van der Waals surface area contributed by atoms with Crippen LogP contribution < -0.4 is 0 Å². The molecule has 0 aliphatic carbocycles. The average Bonchev–Trinajstić information content (AvgIpc) is 2.90. The van der Waals surface area contributed by atoms with E-state index in [1.54, 1.807) is 0 Å². The normalized spacial score (nSPS) is 30.5. The summed E-state index contributed by atoms with van der Waals surface area (Å²) in [7, 11) is 0. The van der Waals surface area contributed by atoms with Crippen molar-refractivity contribution in [1.82, 2.24) is 4.90 Å². The van der Waals surface area contributed by atoms with Crippen LogP contribution in [0.4, 0.5) is 0 Å². The monoisotopic (exact) mass is 307 g/mol. The first-order valence-electron chi connectivity index (χ1n) is 8.83. The van der Waals surface area contributed by atoms with E-state index in [0.29, 0.717) is 18.0 Å². The number of nitrogens with zero attached hydrogens (tertiary/aromatic N) is 1. The molecule has 23 heavy (non-hydrogen) atoms. The van der Waals surface area contributed by atoms with E-state index >= 15 is 0 Å². The van der Waals surface area contributed by atoms with Crippen LogP contribution in [-0.2, 0) is 13.0 Å². The van der Waals surface area contributed by atoms with Gasteiger partial charge in [-0.05, 0) is 42.7 Å². The first-order valence-corrected chi connectivity index (χ1v) is 8.83. The Bertz CT molecular complexity index is 627. The van der Waals surface area contributed by atoms with Gasteiger partial charge < -0.3 is 5.11 Å². The van der Waals surface area contributed by atoms with Crippen molar-refractivity contribution in [2.75, 3.05) is 0 Å². The minimum Gasteiger partial charge on any atom is -0.391 e. The molecule has 1 N–H and O–H groups in total. The van der Waals surface area contributed by atoms with Gasteiger partial charge in [0, 0.05) is 18.6 Å². The van der Waals surface area contributed by atoms with Gasteiger partial charge in [-0.3, -0.25) is 4.90 Å². The predicted molar refractivity (Wildman–Crippen MR) is 93.1 cm³/mol. The lowest BCUT2D eigenvalue weighted by Gasteiger charge is -2.42.